The van der Waals surface area contributed by atoms with Crippen LogP contribution in [0.15, 0.2) is 35.6 Å². The van der Waals surface area contributed by atoms with Crippen molar-refractivity contribution in [2.75, 3.05) is 38.8 Å². The van der Waals surface area contributed by atoms with Gasteiger partial charge in [-0.2, -0.15) is 0 Å². The molecule has 0 aliphatic carbocycles. The van der Waals surface area contributed by atoms with Crippen molar-refractivity contribution in [3.63, 3.8) is 0 Å². The van der Waals surface area contributed by atoms with Gasteiger partial charge in [-0.05, 0) is 44.5 Å². The quantitative estimate of drug-likeness (QED) is 0.188. The number of benzene rings is 1. The van der Waals surface area contributed by atoms with E-state index in [1.54, 1.807) is 13.4 Å². The second kappa shape index (κ2) is 15.0. The van der Waals surface area contributed by atoms with E-state index in [2.05, 4.69) is 25.8 Å². The second-order valence-electron chi connectivity index (χ2n) is 6.72. The van der Waals surface area contributed by atoms with E-state index in [1.807, 2.05) is 49.7 Å². The molecule has 1 aromatic carbocycles. The summed E-state index contributed by atoms with van der Waals surface area (Å²) in [4.78, 5) is 4.62. The van der Waals surface area contributed by atoms with E-state index in [-0.39, 0.29) is 30.1 Å². The molecule has 30 heavy (non-hydrogen) atoms. The molecule has 2 N–H and O–H groups in total. The van der Waals surface area contributed by atoms with Crippen LogP contribution in [-0.4, -0.2) is 60.3 Å². The van der Waals surface area contributed by atoms with Gasteiger partial charge in [-0.15, -0.1) is 34.2 Å². The third kappa shape index (κ3) is 10.2. The van der Waals surface area contributed by atoms with Crippen molar-refractivity contribution in [2.24, 2.45) is 12.0 Å². The van der Waals surface area contributed by atoms with E-state index < -0.39 is 0 Å². The van der Waals surface area contributed by atoms with E-state index in [0.717, 1.165) is 30.2 Å². The van der Waals surface area contributed by atoms with Crippen molar-refractivity contribution in [1.82, 2.24) is 20.1 Å². The monoisotopic (exact) mass is 532 g/mol. The predicted octanol–water partition coefficient (Wildman–Crippen LogP) is 2.83. The highest BCUT2D eigenvalue weighted by Gasteiger charge is 2.04. The molecule has 10 heteroatoms. The number of aliphatic imine (C=N–C) groups is 1. The van der Waals surface area contributed by atoms with Crippen LogP contribution in [0.4, 0.5) is 5.69 Å². The third-order valence-corrected chi connectivity index (χ3v) is 3.86. The number of anilines is 1. The molecule has 0 unspecified atom stereocenters. The van der Waals surface area contributed by atoms with Crippen molar-refractivity contribution in [2.45, 2.75) is 32.9 Å². The largest absolute Gasteiger partial charge is 0.491 e. The summed E-state index contributed by atoms with van der Waals surface area (Å²) in [5.41, 5.74) is 0.918. The maximum atomic E-state index is 5.69. The predicted molar refractivity (Wildman–Crippen MR) is 129 cm³/mol. The number of aromatic nitrogens is 3. The lowest BCUT2D eigenvalue weighted by Gasteiger charge is -2.14. The number of halogens is 1. The van der Waals surface area contributed by atoms with Gasteiger partial charge in [0.2, 0.25) is 0 Å². The fourth-order valence-corrected chi connectivity index (χ4v) is 2.39. The van der Waals surface area contributed by atoms with Crippen LogP contribution in [0.2, 0.25) is 0 Å². The minimum atomic E-state index is 0. The van der Waals surface area contributed by atoms with Gasteiger partial charge in [0.15, 0.2) is 11.8 Å². The number of nitrogens with zero attached hydrogens (tertiary/aromatic N) is 4. The Labute approximate surface area is 195 Å². The summed E-state index contributed by atoms with van der Waals surface area (Å²) in [6.07, 6.45) is 2.66. The number of hydrogen-bond acceptors (Lipinski definition) is 6. The Morgan fingerprint density at radius 1 is 1.17 bits per heavy atom. The molecule has 0 saturated carbocycles. The molecular formula is C20H33IN6O3. The molecule has 2 aromatic rings. The SMILES string of the molecule is COCCOCCCNC(=NCc1nncn1C)Nc1ccc(OC(C)C)cc1.I. The Hall–Kier alpha value is -1.92. The molecule has 9 nitrogen and oxygen atoms in total. The van der Waals surface area contributed by atoms with Gasteiger partial charge in [-0.1, -0.05) is 0 Å². The maximum absolute atomic E-state index is 5.69. The number of ether oxygens (including phenoxy) is 3. The molecule has 1 aromatic heterocycles. The third-order valence-electron chi connectivity index (χ3n) is 3.86. The zero-order chi connectivity index (χ0) is 20.9. The van der Waals surface area contributed by atoms with Crippen molar-refractivity contribution in [1.29, 1.82) is 0 Å². The van der Waals surface area contributed by atoms with Crippen LogP contribution in [0.1, 0.15) is 26.1 Å². The first-order chi connectivity index (χ1) is 14.1. The smallest absolute Gasteiger partial charge is 0.196 e. The minimum absolute atomic E-state index is 0. The second-order valence-corrected chi connectivity index (χ2v) is 6.72. The highest BCUT2D eigenvalue weighted by molar-refractivity contribution is 14.0. The summed E-state index contributed by atoms with van der Waals surface area (Å²) >= 11 is 0. The number of hydrogen-bond donors (Lipinski definition) is 2. The molecule has 0 amide bonds. The average molecular weight is 532 g/mol. The topological polar surface area (TPSA) is 94.8 Å². The zero-order valence-corrected chi connectivity index (χ0v) is 20.5. The van der Waals surface area contributed by atoms with Crippen LogP contribution in [0.5, 0.6) is 5.75 Å². The summed E-state index contributed by atoms with van der Waals surface area (Å²) in [5, 5.41) is 14.6. The maximum Gasteiger partial charge on any atom is 0.196 e. The fraction of sp³-hybridized carbons (Fsp3) is 0.550. The number of rotatable bonds is 12. The van der Waals surface area contributed by atoms with Gasteiger partial charge >= 0.3 is 0 Å². The van der Waals surface area contributed by atoms with Crippen LogP contribution in [-0.2, 0) is 23.1 Å². The molecule has 0 radical (unpaired) electrons. The summed E-state index contributed by atoms with van der Waals surface area (Å²) in [6.45, 7) is 7.03. The summed E-state index contributed by atoms with van der Waals surface area (Å²) < 4.78 is 18.0. The lowest BCUT2D eigenvalue weighted by molar-refractivity contribution is 0.0699. The van der Waals surface area contributed by atoms with E-state index in [1.165, 1.54) is 0 Å². The normalized spacial score (nSPS) is 11.3. The van der Waals surface area contributed by atoms with Gasteiger partial charge in [-0.3, -0.25) is 0 Å². The van der Waals surface area contributed by atoms with E-state index in [0.29, 0.717) is 32.3 Å². The minimum Gasteiger partial charge on any atom is -0.491 e. The number of aryl methyl sites for hydroxylation is 1. The molecule has 2 rings (SSSR count). The van der Waals surface area contributed by atoms with E-state index in [4.69, 9.17) is 14.2 Å². The van der Waals surface area contributed by atoms with E-state index in [9.17, 15) is 0 Å². The molecule has 0 fully saturated rings. The van der Waals surface area contributed by atoms with Crippen LogP contribution < -0.4 is 15.4 Å². The van der Waals surface area contributed by atoms with E-state index >= 15 is 0 Å². The Bertz CT molecular complexity index is 736. The Kier molecular flexibility index (Phi) is 13.0. The highest BCUT2D eigenvalue weighted by Crippen LogP contribution is 2.16. The summed E-state index contributed by atoms with van der Waals surface area (Å²) in [7, 11) is 3.56. The van der Waals surface area contributed by atoms with Crippen LogP contribution in [0.25, 0.3) is 0 Å². The van der Waals surface area contributed by atoms with Crippen LogP contribution in [0.3, 0.4) is 0 Å². The zero-order valence-electron chi connectivity index (χ0n) is 18.1. The Morgan fingerprint density at radius 3 is 2.57 bits per heavy atom. The molecule has 0 aliphatic heterocycles. The van der Waals surface area contributed by atoms with Crippen molar-refractivity contribution < 1.29 is 14.2 Å². The van der Waals surface area contributed by atoms with Gasteiger partial charge in [-0.25, -0.2) is 4.99 Å². The van der Waals surface area contributed by atoms with Gasteiger partial charge in [0.05, 0.1) is 19.3 Å². The fourth-order valence-electron chi connectivity index (χ4n) is 2.39. The Balaban J connectivity index is 0.00000450. The van der Waals surface area contributed by atoms with Gasteiger partial charge in [0, 0.05) is 33.0 Å². The molecule has 168 valence electrons. The number of nitrogens with one attached hydrogen (secondary N) is 2. The first-order valence-electron chi connectivity index (χ1n) is 9.80. The Morgan fingerprint density at radius 2 is 1.93 bits per heavy atom. The first-order valence-corrected chi connectivity index (χ1v) is 9.80. The summed E-state index contributed by atoms with van der Waals surface area (Å²) in [6, 6.07) is 7.80. The molecule has 0 atom stereocenters. The molecule has 1 heterocycles. The lowest BCUT2D eigenvalue weighted by atomic mass is 10.3. The molecule has 0 spiro atoms. The molecule has 0 saturated heterocycles. The number of methoxy groups -OCH3 is 1. The summed E-state index contributed by atoms with van der Waals surface area (Å²) in [5.74, 6) is 2.29. The molecule has 0 bridgehead atoms. The standard InChI is InChI=1S/C20H32N6O3.HI/c1-16(2)29-18-8-6-17(7-9-18)24-20(21-10-5-11-28-13-12-27-4)22-14-19-25-23-15-26(19)3;/h6-9,15-16H,5,10-14H2,1-4H3,(H2,21,22,24);1H. The number of guanidine groups is 1. The van der Waals surface area contributed by atoms with Gasteiger partial charge < -0.3 is 29.4 Å². The van der Waals surface area contributed by atoms with Crippen molar-refractivity contribution in [3.8, 4) is 5.75 Å². The lowest BCUT2D eigenvalue weighted by Crippen LogP contribution is -2.32. The first kappa shape index (κ1) is 26.1. The van der Waals surface area contributed by atoms with Crippen molar-refractivity contribution in [3.05, 3.63) is 36.4 Å². The van der Waals surface area contributed by atoms with Gasteiger partial charge in [0.25, 0.3) is 0 Å². The van der Waals surface area contributed by atoms with Gasteiger partial charge in [0.1, 0.15) is 18.6 Å². The van der Waals surface area contributed by atoms with Crippen LogP contribution >= 0.6 is 24.0 Å². The average Bonchev–Trinajstić information content (AvgIpc) is 3.11. The molecule has 0 aliphatic rings. The van der Waals surface area contributed by atoms with Crippen molar-refractivity contribution >= 4 is 35.6 Å². The van der Waals surface area contributed by atoms with Crippen LogP contribution in [0, 0.1) is 0 Å². The highest BCUT2D eigenvalue weighted by atomic mass is 127. The molecular weight excluding hydrogens is 499 g/mol.